The molecule has 2 aliphatic heterocycles. The van der Waals surface area contributed by atoms with Gasteiger partial charge in [0.2, 0.25) is 11.7 Å². The lowest BCUT2D eigenvalue weighted by Gasteiger charge is -2.38. The van der Waals surface area contributed by atoms with Gasteiger partial charge in [0.1, 0.15) is 23.6 Å². The lowest BCUT2D eigenvalue weighted by Crippen LogP contribution is -2.53. The van der Waals surface area contributed by atoms with E-state index >= 15 is 0 Å². The highest BCUT2D eigenvalue weighted by molar-refractivity contribution is 6.01. The van der Waals surface area contributed by atoms with Gasteiger partial charge in [-0.15, -0.1) is 0 Å². The largest absolute Gasteiger partial charge is 0.486 e. The van der Waals surface area contributed by atoms with Crippen molar-refractivity contribution in [2.75, 3.05) is 62.2 Å². The third kappa shape index (κ3) is 9.76. The minimum Gasteiger partial charge on any atom is -0.486 e. The summed E-state index contributed by atoms with van der Waals surface area (Å²) in [5.74, 6) is -1.81. The van der Waals surface area contributed by atoms with Gasteiger partial charge in [0.05, 0.1) is 18.0 Å². The van der Waals surface area contributed by atoms with Gasteiger partial charge in [0.15, 0.2) is 11.3 Å². The molecule has 1 aromatic carbocycles. The predicted molar refractivity (Wildman–Crippen MR) is 200 cm³/mol. The van der Waals surface area contributed by atoms with E-state index in [4.69, 9.17) is 14.2 Å². The first-order chi connectivity index (χ1) is 25.4. The Morgan fingerprint density at radius 3 is 2.07 bits per heavy atom. The number of unbranched alkanes of at least 4 members (excludes halogenated alkanes) is 1. The highest BCUT2D eigenvalue weighted by Gasteiger charge is 2.34. The van der Waals surface area contributed by atoms with E-state index in [0.717, 1.165) is 6.42 Å². The van der Waals surface area contributed by atoms with Crippen molar-refractivity contribution in [1.29, 1.82) is 0 Å². The molecule has 2 aromatic heterocycles. The van der Waals surface area contributed by atoms with Gasteiger partial charge in [-0.1, -0.05) is 25.5 Å². The number of carbonyl (C=O) groups is 4. The third-order valence-electron chi connectivity index (χ3n) is 8.63. The molecule has 0 aliphatic carbocycles. The van der Waals surface area contributed by atoms with Crippen LogP contribution in [-0.4, -0.2) is 107 Å². The maximum atomic E-state index is 14.4. The number of benzene rings is 1. The third-order valence-corrected chi connectivity index (χ3v) is 8.63. The summed E-state index contributed by atoms with van der Waals surface area (Å²) in [5.41, 5.74) is -0.849. The van der Waals surface area contributed by atoms with Gasteiger partial charge in [-0.2, -0.15) is 0 Å². The Balaban J connectivity index is 1.55. The molecule has 292 valence electrons. The second kappa shape index (κ2) is 16.3. The fraction of sp³-hybridized carbons (Fsp3) is 0.526. The number of hydrogen-bond acceptors (Lipinski definition) is 10. The molecule has 4 heterocycles. The minimum atomic E-state index is -0.759. The number of piperazine rings is 2. The number of amides is 4. The monoisotopic (exact) mass is 751 g/mol. The van der Waals surface area contributed by atoms with Crippen molar-refractivity contribution in [2.24, 2.45) is 0 Å². The van der Waals surface area contributed by atoms with Crippen LogP contribution in [0.25, 0.3) is 5.65 Å². The van der Waals surface area contributed by atoms with E-state index < -0.39 is 46.6 Å². The molecule has 54 heavy (non-hydrogen) atoms. The number of carbonyl (C=O) groups excluding carboxylic acids is 4. The quantitative estimate of drug-likeness (QED) is 0.307. The number of rotatable bonds is 9. The molecule has 0 unspecified atom stereocenters. The number of nitrogens with zero attached hydrogens (tertiary/aromatic N) is 6. The molecule has 16 heteroatoms. The SMILES string of the molecule is CCCCOc1c(C(=O)NCc2ccc(F)cc2)nc2c(N3CCN(C(=O)OC(C)(C)C)CC3=O)cc(N3CCN(C(=O)OC(C)(C)C)CC3)cn2c1=O. The zero-order valence-corrected chi connectivity index (χ0v) is 32.1. The zero-order chi connectivity index (χ0) is 39.4. The summed E-state index contributed by atoms with van der Waals surface area (Å²) in [6.07, 6.45) is 1.93. The first-order valence-electron chi connectivity index (χ1n) is 18.2. The van der Waals surface area contributed by atoms with Crippen molar-refractivity contribution in [3.8, 4) is 5.75 Å². The highest BCUT2D eigenvalue weighted by Crippen LogP contribution is 2.30. The van der Waals surface area contributed by atoms with Crippen LogP contribution in [0, 0.1) is 5.82 Å². The highest BCUT2D eigenvalue weighted by atomic mass is 19.1. The van der Waals surface area contributed by atoms with Crippen LogP contribution in [-0.2, 0) is 20.8 Å². The predicted octanol–water partition coefficient (Wildman–Crippen LogP) is 4.58. The lowest BCUT2D eigenvalue weighted by atomic mass is 10.2. The molecule has 0 radical (unpaired) electrons. The topological polar surface area (TPSA) is 155 Å². The molecule has 1 N–H and O–H groups in total. The number of aromatic nitrogens is 2. The van der Waals surface area contributed by atoms with Crippen LogP contribution in [0.5, 0.6) is 5.75 Å². The van der Waals surface area contributed by atoms with Crippen molar-refractivity contribution < 1.29 is 37.8 Å². The lowest BCUT2D eigenvalue weighted by molar-refractivity contribution is -0.121. The average molecular weight is 752 g/mol. The number of nitrogens with one attached hydrogen (secondary N) is 1. The number of pyridine rings is 1. The second-order valence-corrected chi connectivity index (χ2v) is 15.3. The van der Waals surface area contributed by atoms with Crippen molar-refractivity contribution in [3.63, 3.8) is 0 Å². The molecule has 0 bridgehead atoms. The van der Waals surface area contributed by atoms with Crippen LogP contribution in [0.4, 0.5) is 25.4 Å². The summed E-state index contributed by atoms with van der Waals surface area (Å²) in [4.78, 5) is 78.7. The first-order valence-corrected chi connectivity index (χ1v) is 18.2. The number of anilines is 2. The Labute approximate surface area is 313 Å². The van der Waals surface area contributed by atoms with E-state index in [9.17, 15) is 28.4 Å². The van der Waals surface area contributed by atoms with Crippen LogP contribution in [0.3, 0.4) is 0 Å². The van der Waals surface area contributed by atoms with E-state index in [1.165, 1.54) is 38.5 Å². The van der Waals surface area contributed by atoms with Gasteiger partial charge in [-0.05, 0) is 71.7 Å². The summed E-state index contributed by atoms with van der Waals surface area (Å²) >= 11 is 0. The maximum absolute atomic E-state index is 14.4. The van der Waals surface area contributed by atoms with E-state index in [2.05, 4.69) is 10.3 Å². The van der Waals surface area contributed by atoms with Crippen LogP contribution in [0.2, 0.25) is 0 Å². The molecule has 15 nitrogen and oxygen atoms in total. The Kier molecular flexibility index (Phi) is 12.0. The molecule has 5 rings (SSSR count). The standard InChI is InChI=1S/C38H50FN7O8/c1-8-9-20-52-31-30(33(48)40-22-25-10-12-26(39)13-11-25)41-32-28(45-19-18-44(24-29(45)47)36(51)54-38(5,6)7)21-27(23-46(32)34(31)49)42-14-16-43(17-15-42)35(50)53-37(2,3)4/h10-13,21,23H,8-9,14-20,22,24H2,1-7H3,(H,40,48). The fourth-order valence-electron chi connectivity index (χ4n) is 5.92. The summed E-state index contributed by atoms with van der Waals surface area (Å²) in [5, 5.41) is 2.75. The molecular formula is C38H50FN7O8. The van der Waals surface area contributed by atoms with Gasteiger partial charge >= 0.3 is 17.7 Å². The number of fused-ring (bicyclic) bond motifs is 1. The van der Waals surface area contributed by atoms with E-state index in [1.54, 1.807) is 58.7 Å². The second-order valence-electron chi connectivity index (χ2n) is 15.3. The Morgan fingerprint density at radius 1 is 0.870 bits per heavy atom. The van der Waals surface area contributed by atoms with Crippen LogP contribution in [0.1, 0.15) is 77.4 Å². The molecule has 2 aliphatic rings. The minimum absolute atomic E-state index is 0.0285. The number of halogens is 1. The first kappa shape index (κ1) is 39.8. The number of hydrogen-bond donors (Lipinski definition) is 1. The zero-order valence-electron chi connectivity index (χ0n) is 32.1. The Bertz CT molecular complexity index is 1930. The van der Waals surface area contributed by atoms with Crippen molar-refractivity contribution in [3.05, 3.63) is 64.0 Å². The van der Waals surface area contributed by atoms with E-state index in [-0.39, 0.29) is 55.6 Å². The molecule has 2 fully saturated rings. The molecule has 0 saturated carbocycles. The van der Waals surface area contributed by atoms with Gasteiger partial charge in [0.25, 0.3) is 5.91 Å². The van der Waals surface area contributed by atoms with Gasteiger partial charge in [-0.25, -0.2) is 19.0 Å². The normalized spacial score (nSPS) is 15.4. The Hall–Kier alpha value is -5.41. The number of ether oxygens (including phenoxy) is 3. The fourth-order valence-corrected chi connectivity index (χ4v) is 5.92. The van der Waals surface area contributed by atoms with Crippen molar-refractivity contribution in [2.45, 2.75) is 79.1 Å². The summed E-state index contributed by atoms with van der Waals surface area (Å²) in [6, 6.07) is 7.35. The van der Waals surface area contributed by atoms with Crippen LogP contribution >= 0.6 is 0 Å². The molecule has 2 saturated heterocycles. The average Bonchev–Trinajstić information content (AvgIpc) is 3.10. The van der Waals surface area contributed by atoms with E-state index in [0.29, 0.717) is 43.9 Å². The molecule has 4 amide bonds. The molecular weight excluding hydrogens is 701 g/mol. The Morgan fingerprint density at radius 2 is 1.48 bits per heavy atom. The summed E-state index contributed by atoms with van der Waals surface area (Å²) < 4.78 is 31.8. The van der Waals surface area contributed by atoms with Gasteiger partial charge in [-0.3, -0.25) is 23.7 Å². The van der Waals surface area contributed by atoms with Crippen LogP contribution in [0.15, 0.2) is 41.3 Å². The summed E-state index contributed by atoms with van der Waals surface area (Å²) in [6.45, 7) is 14.2. The maximum Gasteiger partial charge on any atom is 0.410 e. The van der Waals surface area contributed by atoms with Gasteiger partial charge < -0.3 is 34.2 Å². The van der Waals surface area contributed by atoms with Crippen molar-refractivity contribution >= 4 is 41.0 Å². The molecule has 3 aromatic rings. The summed E-state index contributed by atoms with van der Waals surface area (Å²) in [7, 11) is 0. The van der Waals surface area contributed by atoms with Crippen LogP contribution < -0.4 is 25.4 Å². The van der Waals surface area contributed by atoms with Gasteiger partial charge in [0, 0.05) is 52.0 Å². The molecule has 0 spiro atoms. The smallest absolute Gasteiger partial charge is 0.410 e. The molecule has 0 atom stereocenters. The van der Waals surface area contributed by atoms with Crippen molar-refractivity contribution in [1.82, 2.24) is 24.5 Å². The van der Waals surface area contributed by atoms with E-state index in [1.807, 2.05) is 11.8 Å².